The number of halogens is 8. The van der Waals surface area contributed by atoms with Crippen LogP contribution in [0.15, 0.2) is 0 Å². The van der Waals surface area contributed by atoms with Gasteiger partial charge in [0.1, 0.15) is 0 Å². The summed E-state index contributed by atoms with van der Waals surface area (Å²) in [6, 6.07) is 0. The van der Waals surface area contributed by atoms with Crippen molar-refractivity contribution in [2.75, 3.05) is 0 Å². The number of carbonyl (C=O) groups is 1. The van der Waals surface area contributed by atoms with Gasteiger partial charge in [0, 0.05) is 12.5 Å². The fraction of sp³-hybridized carbons (Fsp3) is 0.133. The third-order valence-electron chi connectivity index (χ3n) is 3.20. The van der Waals surface area contributed by atoms with E-state index in [9.17, 15) is 39.9 Å². The number of ether oxygens (including phenoxy) is 1. The van der Waals surface area contributed by atoms with Gasteiger partial charge in [-0.25, -0.2) is 26.3 Å². The Labute approximate surface area is 134 Å². The Morgan fingerprint density at radius 1 is 0.640 bits per heavy atom. The van der Waals surface area contributed by atoms with Crippen molar-refractivity contribution in [1.29, 1.82) is 0 Å². The van der Waals surface area contributed by atoms with Gasteiger partial charge in [-0.05, 0) is 6.92 Å². The van der Waals surface area contributed by atoms with Gasteiger partial charge in [-0.1, -0.05) is 0 Å². The Bertz CT molecular complexity index is 849. The molecule has 0 amide bonds. The van der Waals surface area contributed by atoms with Crippen molar-refractivity contribution in [2.45, 2.75) is 13.8 Å². The highest BCUT2D eigenvalue weighted by Gasteiger charge is 2.34. The first-order valence-corrected chi connectivity index (χ1v) is 6.37. The molecular formula is C15H6F8O2. The van der Waals surface area contributed by atoms with E-state index in [-0.39, 0.29) is 0 Å². The Morgan fingerprint density at radius 3 is 1.28 bits per heavy atom. The van der Waals surface area contributed by atoms with Crippen LogP contribution in [0.5, 0.6) is 5.75 Å². The average molecular weight is 370 g/mol. The van der Waals surface area contributed by atoms with Gasteiger partial charge in [-0.3, -0.25) is 4.79 Å². The van der Waals surface area contributed by atoms with Crippen molar-refractivity contribution in [3.8, 4) is 16.9 Å². The third kappa shape index (κ3) is 2.81. The molecule has 0 aliphatic carbocycles. The van der Waals surface area contributed by atoms with Gasteiger partial charge in [0.15, 0.2) is 34.9 Å². The summed E-state index contributed by atoms with van der Waals surface area (Å²) in [6.45, 7) is 1.30. The van der Waals surface area contributed by atoms with Crippen molar-refractivity contribution in [2.24, 2.45) is 0 Å². The smallest absolute Gasteiger partial charge is 0.308 e. The van der Waals surface area contributed by atoms with Crippen molar-refractivity contribution >= 4 is 5.97 Å². The molecule has 25 heavy (non-hydrogen) atoms. The first-order chi connectivity index (χ1) is 11.5. The molecule has 0 aliphatic rings. The van der Waals surface area contributed by atoms with Crippen LogP contribution in [0.25, 0.3) is 11.1 Å². The molecule has 0 bridgehead atoms. The van der Waals surface area contributed by atoms with Gasteiger partial charge >= 0.3 is 5.97 Å². The molecule has 0 saturated heterocycles. The molecule has 0 saturated carbocycles. The van der Waals surface area contributed by atoms with Crippen LogP contribution in [-0.4, -0.2) is 5.97 Å². The van der Waals surface area contributed by atoms with Crippen molar-refractivity contribution in [3.05, 3.63) is 52.1 Å². The van der Waals surface area contributed by atoms with Gasteiger partial charge in [0.2, 0.25) is 17.4 Å². The quantitative estimate of drug-likeness (QED) is 0.332. The molecule has 0 spiro atoms. The maximum Gasteiger partial charge on any atom is 0.308 e. The maximum atomic E-state index is 14.0. The van der Waals surface area contributed by atoms with Gasteiger partial charge in [-0.2, -0.15) is 8.78 Å². The zero-order valence-electron chi connectivity index (χ0n) is 12.3. The molecule has 10 heteroatoms. The van der Waals surface area contributed by atoms with E-state index in [2.05, 4.69) is 4.74 Å². The Hall–Kier alpha value is -2.65. The molecule has 0 unspecified atom stereocenters. The molecule has 2 rings (SSSR count). The Kier molecular flexibility index (Phi) is 4.74. The van der Waals surface area contributed by atoms with E-state index in [1.165, 1.54) is 0 Å². The number of hydrogen-bond acceptors (Lipinski definition) is 2. The maximum absolute atomic E-state index is 14.0. The van der Waals surface area contributed by atoms with Gasteiger partial charge < -0.3 is 4.74 Å². The van der Waals surface area contributed by atoms with E-state index in [1.54, 1.807) is 0 Å². The molecule has 0 heterocycles. The average Bonchev–Trinajstić information content (AvgIpc) is 2.56. The van der Waals surface area contributed by atoms with E-state index in [0.29, 0.717) is 13.8 Å². The SMILES string of the molecule is CC(=O)Oc1c(F)c(F)c(-c2c(F)c(F)c(C)c(F)c2F)c(F)c1F. The predicted molar refractivity (Wildman–Crippen MR) is 67.6 cm³/mol. The van der Waals surface area contributed by atoms with E-state index < -0.39 is 74.9 Å². The molecule has 0 fully saturated rings. The molecule has 0 aliphatic heterocycles. The van der Waals surface area contributed by atoms with Gasteiger partial charge in [0.05, 0.1) is 11.1 Å². The lowest BCUT2D eigenvalue weighted by Crippen LogP contribution is -2.12. The normalized spacial score (nSPS) is 11.0. The topological polar surface area (TPSA) is 26.3 Å². The van der Waals surface area contributed by atoms with E-state index >= 15 is 0 Å². The van der Waals surface area contributed by atoms with Crippen LogP contribution in [0.1, 0.15) is 12.5 Å². The minimum Gasteiger partial charge on any atom is -0.420 e. The van der Waals surface area contributed by atoms with Crippen molar-refractivity contribution in [1.82, 2.24) is 0 Å². The standard InChI is InChI=1S/C15H6F8O2/c1-3-7(16)9(18)5(10(19)8(3)17)6-11(20)13(22)15(25-4(2)24)14(23)12(6)21/h1-2H3. The van der Waals surface area contributed by atoms with Crippen molar-refractivity contribution in [3.63, 3.8) is 0 Å². The Balaban J connectivity index is 2.94. The summed E-state index contributed by atoms with van der Waals surface area (Å²) >= 11 is 0. The summed E-state index contributed by atoms with van der Waals surface area (Å²) < 4.78 is 114. The highest BCUT2D eigenvalue weighted by atomic mass is 19.2. The molecule has 0 N–H and O–H groups in total. The number of esters is 1. The van der Waals surface area contributed by atoms with Crippen LogP contribution in [0.4, 0.5) is 35.1 Å². The van der Waals surface area contributed by atoms with Gasteiger partial charge in [0.25, 0.3) is 0 Å². The molecule has 2 nitrogen and oxygen atoms in total. The molecular weight excluding hydrogens is 364 g/mol. The Morgan fingerprint density at radius 2 is 0.960 bits per heavy atom. The monoisotopic (exact) mass is 370 g/mol. The zero-order chi connectivity index (χ0) is 19.2. The second-order valence-corrected chi connectivity index (χ2v) is 4.81. The minimum atomic E-state index is -2.41. The second kappa shape index (κ2) is 6.34. The summed E-state index contributed by atoms with van der Waals surface area (Å²) in [5.74, 6) is -21.1. The third-order valence-corrected chi connectivity index (χ3v) is 3.20. The molecule has 134 valence electrons. The summed E-state index contributed by atoms with van der Waals surface area (Å²) in [5, 5.41) is 0. The summed E-state index contributed by atoms with van der Waals surface area (Å²) in [6.07, 6.45) is 0. The van der Waals surface area contributed by atoms with Gasteiger partial charge in [-0.15, -0.1) is 0 Å². The van der Waals surface area contributed by atoms with Crippen LogP contribution in [-0.2, 0) is 4.79 Å². The summed E-state index contributed by atoms with van der Waals surface area (Å²) in [5.41, 5.74) is -5.15. The second-order valence-electron chi connectivity index (χ2n) is 4.81. The lowest BCUT2D eigenvalue weighted by atomic mass is 9.99. The number of hydrogen-bond donors (Lipinski definition) is 0. The first kappa shape index (κ1) is 18.7. The number of rotatable bonds is 2. The highest BCUT2D eigenvalue weighted by molar-refractivity contribution is 5.72. The van der Waals surface area contributed by atoms with Crippen molar-refractivity contribution < 1.29 is 44.7 Å². The molecule has 0 atom stereocenters. The molecule has 0 aromatic heterocycles. The number of benzene rings is 2. The largest absolute Gasteiger partial charge is 0.420 e. The summed E-state index contributed by atoms with van der Waals surface area (Å²) in [4.78, 5) is 10.7. The van der Waals surface area contributed by atoms with Crippen LogP contribution >= 0.6 is 0 Å². The molecule has 2 aromatic rings. The zero-order valence-corrected chi connectivity index (χ0v) is 12.3. The first-order valence-electron chi connectivity index (χ1n) is 6.37. The van der Waals surface area contributed by atoms with Crippen LogP contribution in [0, 0.1) is 53.5 Å². The van der Waals surface area contributed by atoms with Crippen LogP contribution in [0.2, 0.25) is 0 Å². The molecule has 2 aromatic carbocycles. The minimum absolute atomic E-state index is 0.637. The highest BCUT2D eigenvalue weighted by Crippen LogP contribution is 2.39. The lowest BCUT2D eigenvalue weighted by Gasteiger charge is -2.14. The summed E-state index contributed by atoms with van der Waals surface area (Å²) in [7, 11) is 0. The van der Waals surface area contributed by atoms with Crippen LogP contribution < -0.4 is 4.74 Å². The number of carbonyl (C=O) groups excluding carboxylic acids is 1. The fourth-order valence-corrected chi connectivity index (χ4v) is 2.03. The van der Waals surface area contributed by atoms with Crippen LogP contribution in [0.3, 0.4) is 0 Å². The fourth-order valence-electron chi connectivity index (χ4n) is 2.03. The predicted octanol–water partition coefficient (Wildman–Crippen LogP) is 4.70. The van der Waals surface area contributed by atoms with E-state index in [4.69, 9.17) is 0 Å². The molecule has 0 radical (unpaired) electrons. The van der Waals surface area contributed by atoms with E-state index in [1.807, 2.05) is 0 Å². The lowest BCUT2D eigenvalue weighted by molar-refractivity contribution is -0.132. The van der Waals surface area contributed by atoms with E-state index in [0.717, 1.165) is 0 Å².